The lowest BCUT2D eigenvalue weighted by molar-refractivity contribution is -0.000214. The molecule has 116 valence electrons. The Balaban J connectivity index is 1.91. The Kier molecular flexibility index (Phi) is 4.98. The third-order valence-corrected chi connectivity index (χ3v) is 5.38. The normalized spacial score (nSPS) is 20.3. The summed E-state index contributed by atoms with van der Waals surface area (Å²) in [5.41, 5.74) is 5.03. The average molecular weight is 308 g/mol. The van der Waals surface area contributed by atoms with Crippen molar-refractivity contribution in [1.29, 1.82) is 0 Å². The number of nitrogens with one attached hydrogen (secondary N) is 1. The Labute approximate surface area is 130 Å². The predicted molar refractivity (Wildman–Crippen MR) is 85.8 cm³/mol. The minimum absolute atomic E-state index is 0.0123. The monoisotopic (exact) mass is 308 g/mol. The molecule has 0 aromatic carbocycles. The van der Waals surface area contributed by atoms with Crippen molar-refractivity contribution in [3.63, 3.8) is 0 Å². The molecule has 2 heterocycles. The molecule has 0 amide bonds. The number of aromatic nitrogens is 2. The largest absolute Gasteiger partial charge is 0.370 e. The van der Waals surface area contributed by atoms with E-state index in [4.69, 9.17) is 15.6 Å². The number of hydrogen-bond acceptors (Lipinski definition) is 6. The van der Waals surface area contributed by atoms with Gasteiger partial charge in [-0.05, 0) is 25.7 Å². The fourth-order valence-corrected chi connectivity index (χ4v) is 4.40. The summed E-state index contributed by atoms with van der Waals surface area (Å²) in [4.78, 5) is 9.47. The topological polar surface area (TPSA) is 73.1 Å². The number of nitrogens with two attached hydrogens (primary N) is 1. The lowest BCUT2D eigenvalue weighted by Crippen LogP contribution is -2.23. The van der Waals surface area contributed by atoms with Crippen molar-refractivity contribution < 1.29 is 4.74 Å². The molecule has 2 aliphatic rings. The van der Waals surface area contributed by atoms with Crippen molar-refractivity contribution in [1.82, 2.24) is 9.97 Å². The molecule has 1 aliphatic heterocycles. The average Bonchev–Trinajstić information content (AvgIpc) is 3.01. The Hall–Kier alpha value is -0.850. The van der Waals surface area contributed by atoms with E-state index in [0.717, 1.165) is 34.4 Å². The second-order valence-corrected chi connectivity index (χ2v) is 6.75. The lowest BCUT2D eigenvalue weighted by Gasteiger charge is -2.29. The molecule has 3 rings (SSSR count). The van der Waals surface area contributed by atoms with E-state index in [1.165, 1.54) is 32.1 Å². The summed E-state index contributed by atoms with van der Waals surface area (Å²) in [7, 11) is 0. The molecule has 21 heavy (non-hydrogen) atoms. The number of hydrogen-bond donors (Lipinski definition) is 2. The highest BCUT2D eigenvalue weighted by atomic mass is 32.2. The molecule has 3 N–H and O–H groups in total. The van der Waals surface area contributed by atoms with Gasteiger partial charge in [-0.1, -0.05) is 19.3 Å². The van der Waals surface area contributed by atoms with Gasteiger partial charge in [0.15, 0.2) is 5.82 Å². The first-order chi connectivity index (χ1) is 10.3. The first-order valence-electron chi connectivity index (χ1n) is 7.89. The second kappa shape index (κ2) is 6.94. The zero-order valence-corrected chi connectivity index (χ0v) is 13.4. The van der Waals surface area contributed by atoms with Crippen LogP contribution in [0.1, 0.15) is 62.2 Å². The number of fused-ring (bicyclic) bond motifs is 1. The van der Waals surface area contributed by atoms with E-state index < -0.39 is 0 Å². The highest BCUT2D eigenvalue weighted by molar-refractivity contribution is 7.98. The summed E-state index contributed by atoms with van der Waals surface area (Å²) in [5.74, 6) is 9.68. The predicted octanol–water partition coefficient (Wildman–Crippen LogP) is 3.17. The van der Waals surface area contributed by atoms with Crippen molar-refractivity contribution >= 4 is 17.6 Å². The smallest absolute Gasteiger partial charge is 0.160 e. The third kappa shape index (κ3) is 3.17. The first kappa shape index (κ1) is 15.1. The van der Waals surface area contributed by atoms with Gasteiger partial charge in [-0.25, -0.2) is 15.8 Å². The molecule has 5 nitrogen and oxygen atoms in total. The first-order valence-corrected chi connectivity index (χ1v) is 9.04. The summed E-state index contributed by atoms with van der Waals surface area (Å²) >= 11 is 1.86. The minimum atomic E-state index is 0.0123. The molecule has 1 unspecified atom stereocenters. The van der Waals surface area contributed by atoms with E-state index in [1.807, 2.05) is 18.7 Å². The van der Waals surface area contributed by atoms with Crippen LogP contribution in [-0.4, -0.2) is 16.6 Å². The lowest BCUT2D eigenvalue weighted by atomic mass is 9.85. The molecular weight excluding hydrogens is 284 g/mol. The highest BCUT2D eigenvalue weighted by Gasteiger charge is 2.30. The molecule has 1 aromatic heterocycles. The molecule has 0 saturated heterocycles. The fourth-order valence-electron chi connectivity index (χ4n) is 3.35. The van der Waals surface area contributed by atoms with E-state index in [-0.39, 0.29) is 6.10 Å². The molecule has 1 aliphatic carbocycles. The summed E-state index contributed by atoms with van der Waals surface area (Å²) in [6.07, 6.45) is 6.36. The molecule has 0 radical (unpaired) electrons. The molecule has 1 saturated carbocycles. The molecular formula is C15H24N4OS. The van der Waals surface area contributed by atoms with Crippen molar-refractivity contribution in [3.05, 3.63) is 17.1 Å². The van der Waals surface area contributed by atoms with Crippen LogP contribution in [0.25, 0.3) is 0 Å². The number of thioether (sulfide) groups is 1. The second-order valence-electron chi connectivity index (χ2n) is 5.77. The molecule has 1 fully saturated rings. The number of hydrazine groups is 1. The minimum Gasteiger partial charge on any atom is -0.370 e. The van der Waals surface area contributed by atoms with Gasteiger partial charge in [-0.15, -0.1) is 0 Å². The van der Waals surface area contributed by atoms with E-state index >= 15 is 0 Å². The zero-order valence-electron chi connectivity index (χ0n) is 12.6. The van der Waals surface area contributed by atoms with Crippen LogP contribution in [0.2, 0.25) is 0 Å². The van der Waals surface area contributed by atoms with Gasteiger partial charge in [0.05, 0.1) is 5.69 Å². The van der Waals surface area contributed by atoms with Crippen molar-refractivity contribution in [2.24, 2.45) is 11.8 Å². The van der Waals surface area contributed by atoms with Crippen LogP contribution < -0.4 is 11.3 Å². The van der Waals surface area contributed by atoms with Crippen molar-refractivity contribution in [3.8, 4) is 0 Å². The van der Waals surface area contributed by atoms with E-state index in [0.29, 0.717) is 12.5 Å². The van der Waals surface area contributed by atoms with Crippen LogP contribution in [0.15, 0.2) is 0 Å². The van der Waals surface area contributed by atoms with Crippen molar-refractivity contribution in [2.45, 2.75) is 56.6 Å². The number of nitrogen functional groups attached to an aromatic ring is 1. The Morgan fingerprint density at radius 1 is 1.29 bits per heavy atom. The summed E-state index contributed by atoms with van der Waals surface area (Å²) in [5, 5.41) is 0. The third-order valence-electron chi connectivity index (χ3n) is 4.41. The van der Waals surface area contributed by atoms with Gasteiger partial charge in [0.25, 0.3) is 0 Å². The highest BCUT2D eigenvalue weighted by Crippen LogP contribution is 2.38. The van der Waals surface area contributed by atoms with Crippen LogP contribution in [-0.2, 0) is 16.2 Å². The quantitative estimate of drug-likeness (QED) is 0.643. The van der Waals surface area contributed by atoms with E-state index in [2.05, 4.69) is 10.4 Å². The van der Waals surface area contributed by atoms with Crippen LogP contribution in [0.4, 0.5) is 5.82 Å². The fraction of sp³-hybridized carbons (Fsp3) is 0.733. The number of nitrogens with zero attached hydrogens (tertiary/aromatic N) is 2. The van der Waals surface area contributed by atoms with Gasteiger partial charge < -0.3 is 10.2 Å². The van der Waals surface area contributed by atoms with Gasteiger partial charge in [-0.2, -0.15) is 11.8 Å². The number of rotatable bonds is 5. The van der Waals surface area contributed by atoms with Crippen LogP contribution >= 0.6 is 11.8 Å². The summed E-state index contributed by atoms with van der Waals surface area (Å²) in [6, 6.07) is 0. The van der Waals surface area contributed by atoms with Gasteiger partial charge in [-0.3, -0.25) is 0 Å². The van der Waals surface area contributed by atoms with Crippen LogP contribution in [0, 0.1) is 5.92 Å². The molecule has 1 atom stereocenters. The Bertz CT molecular complexity index is 491. The van der Waals surface area contributed by atoms with Gasteiger partial charge in [0.2, 0.25) is 0 Å². The van der Waals surface area contributed by atoms with Crippen molar-refractivity contribution in [2.75, 3.05) is 12.0 Å². The summed E-state index contributed by atoms with van der Waals surface area (Å²) in [6.45, 7) is 2.74. The number of ether oxygens (including phenoxy) is 1. The zero-order chi connectivity index (χ0) is 14.7. The van der Waals surface area contributed by atoms with Gasteiger partial charge in [0, 0.05) is 23.7 Å². The van der Waals surface area contributed by atoms with Crippen LogP contribution in [0.5, 0.6) is 0 Å². The molecule has 0 bridgehead atoms. The maximum absolute atomic E-state index is 6.03. The van der Waals surface area contributed by atoms with E-state index in [9.17, 15) is 0 Å². The molecule has 0 spiro atoms. The maximum atomic E-state index is 6.03. The standard InChI is InChI=1S/C15H24N4OS/c1-2-20-13(10-6-4-3-5-7-10)15-17-12-9-21-8-11(12)14(18-15)19-16/h10,13H,2-9,16H2,1H3,(H,17,18,19). The van der Waals surface area contributed by atoms with E-state index in [1.54, 1.807) is 0 Å². The van der Waals surface area contributed by atoms with Gasteiger partial charge in [0.1, 0.15) is 11.9 Å². The maximum Gasteiger partial charge on any atom is 0.160 e. The Morgan fingerprint density at radius 3 is 2.81 bits per heavy atom. The van der Waals surface area contributed by atoms with Crippen LogP contribution in [0.3, 0.4) is 0 Å². The molecule has 1 aromatic rings. The Morgan fingerprint density at radius 2 is 2.10 bits per heavy atom. The number of anilines is 1. The van der Waals surface area contributed by atoms with Gasteiger partial charge >= 0.3 is 0 Å². The molecule has 6 heteroatoms. The summed E-state index contributed by atoms with van der Waals surface area (Å²) < 4.78 is 6.03. The SMILES string of the molecule is CCOC(c1nc2c(c(NN)n1)CSC2)C1CCCCC1.